The second-order valence-corrected chi connectivity index (χ2v) is 5.05. The first-order valence-electron chi connectivity index (χ1n) is 7.31. The van der Waals surface area contributed by atoms with Crippen molar-refractivity contribution in [1.82, 2.24) is 0 Å². The van der Waals surface area contributed by atoms with E-state index in [0.717, 1.165) is 25.7 Å². The van der Waals surface area contributed by atoms with Crippen molar-refractivity contribution < 1.29 is 4.79 Å². The normalized spacial score (nSPS) is 13.8. The van der Waals surface area contributed by atoms with Gasteiger partial charge in [-0.05, 0) is 24.3 Å². The van der Waals surface area contributed by atoms with E-state index in [2.05, 4.69) is 26.0 Å². The Hall–Kier alpha value is -1.44. The molecule has 2 atom stereocenters. The van der Waals surface area contributed by atoms with Gasteiger partial charge in [0.25, 0.3) is 0 Å². The number of unbranched alkanes of at least 4 members (excludes halogenated alkanes) is 1. The van der Waals surface area contributed by atoms with Gasteiger partial charge in [0.15, 0.2) is 0 Å². The highest BCUT2D eigenvalue weighted by atomic mass is 16.1. The van der Waals surface area contributed by atoms with Gasteiger partial charge >= 0.3 is 0 Å². The fourth-order valence-electron chi connectivity index (χ4n) is 2.72. The molecule has 2 unspecified atom stereocenters. The van der Waals surface area contributed by atoms with E-state index in [0.29, 0.717) is 5.92 Å². The lowest BCUT2D eigenvalue weighted by Gasteiger charge is -2.25. The number of nitrogens with one attached hydrogen (secondary N) is 1. The molecule has 2 heteroatoms. The van der Waals surface area contributed by atoms with Gasteiger partial charge in [-0.3, -0.25) is 4.79 Å². The summed E-state index contributed by atoms with van der Waals surface area (Å²) in [5.74, 6) is 0.577. The molecule has 104 valence electrons. The standard InChI is InChI=1S/C17H25NO/c1-3-5-11-16(17(19)12-13-18)15(4-2)14-9-7-6-8-10-14/h6-10,13,15-16,18H,3-5,11-12H2,1-2H3. The molecule has 19 heavy (non-hydrogen) atoms. The van der Waals surface area contributed by atoms with E-state index < -0.39 is 0 Å². The van der Waals surface area contributed by atoms with Crippen LogP contribution in [-0.4, -0.2) is 12.0 Å². The van der Waals surface area contributed by atoms with Crippen molar-refractivity contribution >= 4 is 12.0 Å². The molecule has 0 spiro atoms. The van der Waals surface area contributed by atoms with Crippen LogP contribution in [0.2, 0.25) is 0 Å². The van der Waals surface area contributed by atoms with Crippen molar-refractivity contribution in [2.75, 3.05) is 0 Å². The number of Topliss-reactive ketones (excluding diaryl/α,β-unsaturated/α-hetero) is 1. The third-order valence-electron chi connectivity index (χ3n) is 3.74. The zero-order valence-electron chi connectivity index (χ0n) is 12.1. The highest BCUT2D eigenvalue weighted by Crippen LogP contribution is 2.32. The van der Waals surface area contributed by atoms with Crippen LogP contribution in [0.1, 0.15) is 57.4 Å². The molecule has 1 aromatic rings. The summed E-state index contributed by atoms with van der Waals surface area (Å²) in [7, 11) is 0. The van der Waals surface area contributed by atoms with E-state index in [4.69, 9.17) is 5.41 Å². The summed E-state index contributed by atoms with van der Waals surface area (Å²) in [4.78, 5) is 12.3. The molecule has 0 bridgehead atoms. The highest BCUT2D eigenvalue weighted by Gasteiger charge is 2.26. The van der Waals surface area contributed by atoms with Crippen molar-refractivity contribution in [3.63, 3.8) is 0 Å². The Morgan fingerprint density at radius 3 is 2.47 bits per heavy atom. The van der Waals surface area contributed by atoms with Crippen molar-refractivity contribution in [3.05, 3.63) is 35.9 Å². The van der Waals surface area contributed by atoms with Gasteiger partial charge in [-0.2, -0.15) is 0 Å². The second kappa shape index (κ2) is 8.63. The molecule has 0 aliphatic rings. The van der Waals surface area contributed by atoms with Gasteiger partial charge in [0.2, 0.25) is 0 Å². The zero-order chi connectivity index (χ0) is 14.1. The van der Waals surface area contributed by atoms with E-state index in [1.807, 2.05) is 18.2 Å². The van der Waals surface area contributed by atoms with Crippen LogP contribution in [0, 0.1) is 11.3 Å². The highest BCUT2D eigenvalue weighted by molar-refractivity contribution is 5.92. The number of ketones is 1. The number of rotatable bonds is 9. The number of carbonyl (C=O) groups excluding carboxylic acids is 1. The van der Waals surface area contributed by atoms with Crippen LogP contribution in [0.3, 0.4) is 0 Å². The topological polar surface area (TPSA) is 40.9 Å². The minimum absolute atomic E-state index is 0.0638. The molecule has 0 aliphatic carbocycles. The summed E-state index contributed by atoms with van der Waals surface area (Å²) in [6.07, 6.45) is 5.62. The van der Waals surface area contributed by atoms with E-state index in [9.17, 15) is 4.79 Å². The quantitative estimate of drug-likeness (QED) is 0.647. The number of carbonyl (C=O) groups is 1. The van der Waals surface area contributed by atoms with Gasteiger partial charge in [-0.15, -0.1) is 0 Å². The molecular weight excluding hydrogens is 234 g/mol. The van der Waals surface area contributed by atoms with Crippen LogP contribution in [0.15, 0.2) is 30.3 Å². The average Bonchev–Trinajstić information content (AvgIpc) is 2.44. The zero-order valence-corrected chi connectivity index (χ0v) is 12.1. The van der Waals surface area contributed by atoms with Crippen molar-refractivity contribution in [2.24, 2.45) is 5.92 Å². The molecular formula is C17H25NO. The Balaban J connectivity index is 2.92. The molecule has 0 aliphatic heterocycles. The van der Waals surface area contributed by atoms with Gasteiger partial charge < -0.3 is 5.41 Å². The molecule has 0 radical (unpaired) electrons. The van der Waals surface area contributed by atoms with Gasteiger partial charge in [0.1, 0.15) is 5.78 Å². The molecule has 2 nitrogen and oxygen atoms in total. The third kappa shape index (κ3) is 4.62. The Kier molecular flexibility index (Phi) is 7.09. The lowest BCUT2D eigenvalue weighted by molar-refractivity contribution is -0.122. The van der Waals surface area contributed by atoms with Crippen LogP contribution in [0.5, 0.6) is 0 Å². The Bertz CT molecular complexity index is 386. The van der Waals surface area contributed by atoms with E-state index in [-0.39, 0.29) is 18.1 Å². The second-order valence-electron chi connectivity index (χ2n) is 5.05. The number of hydrogen-bond donors (Lipinski definition) is 1. The largest absolute Gasteiger partial charge is 0.313 e. The Morgan fingerprint density at radius 1 is 1.26 bits per heavy atom. The maximum absolute atomic E-state index is 12.3. The molecule has 0 heterocycles. The molecule has 0 saturated heterocycles. The SMILES string of the molecule is CCCCC(C(=O)CC=N)C(CC)c1ccccc1. The predicted molar refractivity (Wildman–Crippen MR) is 80.9 cm³/mol. The van der Waals surface area contributed by atoms with Crippen LogP contribution < -0.4 is 0 Å². The Morgan fingerprint density at radius 2 is 1.95 bits per heavy atom. The monoisotopic (exact) mass is 259 g/mol. The van der Waals surface area contributed by atoms with Crippen LogP contribution >= 0.6 is 0 Å². The molecule has 1 N–H and O–H groups in total. The smallest absolute Gasteiger partial charge is 0.141 e. The molecule has 1 aromatic carbocycles. The van der Waals surface area contributed by atoms with Crippen LogP contribution in [0.25, 0.3) is 0 Å². The maximum atomic E-state index is 12.3. The first kappa shape index (κ1) is 15.6. The maximum Gasteiger partial charge on any atom is 0.141 e. The average molecular weight is 259 g/mol. The first-order valence-corrected chi connectivity index (χ1v) is 7.31. The predicted octanol–water partition coefficient (Wildman–Crippen LogP) is 4.60. The fourth-order valence-corrected chi connectivity index (χ4v) is 2.72. The first-order chi connectivity index (χ1) is 9.24. The summed E-state index contributed by atoms with van der Waals surface area (Å²) >= 11 is 0. The van der Waals surface area contributed by atoms with Gasteiger partial charge in [-0.25, -0.2) is 0 Å². The van der Waals surface area contributed by atoms with Gasteiger partial charge in [0, 0.05) is 18.6 Å². The summed E-state index contributed by atoms with van der Waals surface area (Å²) < 4.78 is 0. The third-order valence-corrected chi connectivity index (χ3v) is 3.74. The van der Waals surface area contributed by atoms with Crippen LogP contribution in [-0.2, 0) is 4.79 Å². The summed E-state index contributed by atoms with van der Waals surface area (Å²) in [6, 6.07) is 10.3. The summed E-state index contributed by atoms with van der Waals surface area (Å²) in [5.41, 5.74) is 1.25. The van der Waals surface area contributed by atoms with Crippen molar-refractivity contribution in [3.8, 4) is 0 Å². The van der Waals surface area contributed by atoms with E-state index in [1.165, 1.54) is 11.8 Å². The summed E-state index contributed by atoms with van der Waals surface area (Å²) in [6.45, 7) is 4.30. The molecule has 0 fully saturated rings. The van der Waals surface area contributed by atoms with Crippen molar-refractivity contribution in [2.45, 2.75) is 51.9 Å². The molecule has 0 saturated carbocycles. The fraction of sp³-hybridized carbons (Fsp3) is 0.529. The minimum Gasteiger partial charge on any atom is -0.313 e. The minimum atomic E-state index is 0.0638. The number of benzene rings is 1. The lowest BCUT2D eigenvalue weighted by Crippen LogP contribution is -2.22. The summed E-state index contributed by atoms with van der Waals surface area (Å²) in [5, 5.41) is 7.16. The van der Waals surface area contributed by atoms with Gasteiger partial charge in [-0.1, -0.05) is 57.0 Å². The van der Waals surface area contributed by atoms with Crippen LogP contribution in [0.4, 0.5) is 0 Å². The molecule has 0 aromatic heterocycles. The Labute approximate surface area is 116 Å². The van der Waals surface area contributed by atoms with E-state index >= 15 is 0 Å². The van der Waals surface area contributed by atoms with Gasteiger partial charge in [0.05, 0.1) is 0 Å². The molecule has 0 amide bonds. The number of hydrogen-bond acceptors (Lipinski definition) is 2. The van der Waals surface area contributed by atoms with Crippen molar-refractivity contribution in [1.29, 1.82) is 5.41 Å². The van der Waals surface area contributed by atoms with E-state index in [1.54, 1.807) is 0 Å². The molecule has 1 rings (SSSR count). The lowest BCUT2D eigenvalue weighted by atomic mass is 9.78.